The van der Waals surface area contributed by atoms with E-state index in [-0.39, 0.29) is 12.3 Å². The summed E-state index contributed by atoms with van der Waals surface area (Å²) in [6, 6.07) is 0. The van der Waals surface area contributed by atoms with E-state index in [2.05, 4.69) is 0 Å². The summed E-state index contributed by atoms with van der Waals surface area (Å²) >= 11 is 0. The molecule has 10 heavy (non-hydrogen) atoms. The Kier molecular flexibility index (Phi) is 4.58. The minimum atomic E-state index is -0.798. The molecule has 0 aromatic heterocycles. The van der Waals surface area contributed by atoms with Crippen LogP contribution < -0.4 is 5.73 Å². The van der Waals surface area contributed by atoms with E-state index in [0.717, 1.165) is 0 Å². The molecule has 3 heteroatoms. The van der Waals surface area contributed by atoms with Crippen LogP contribution in [-0.2, 0) is 4.79 Å². The van der Waals surface area contributed by atoms with Gasteiger partial charge in [0.25, 0.3) is 0 Å². The first-order valence-electron chi connectivity index (χ1n) is 3.25. The summed E-state index contributed by atoms with van der Waals surface area (Å²) in [5, 5.41) is 8.35. The second-order valence-corrected chi connectivity index (χ2v) is 2.12. The highest BCUT2D eigenvalue weighted by Gasteiger charge is 2.06. The molecule has 0 aliphatic carbocycles. The van der Waals surface area contributed by atoms with Gasteiger partial charge >= 0.3 is 5.97 Å². The van der Waals surface area contributed by atoms with Crippen molar-refractivity contribution < 1.29 is 9.90 Å². The lowest BCUT2D eigenvalue weighted by molar-refractivity contribution is -0.137. The summed E-state index contributed by atoms with van der Waals surface area (Å²) in [7, 11) is 0. The Hall–Kier alpha value is -0.830. The lowest BCUT2D eigenvalue weighted by Gasteiger charge is -2.04. The van der Waals surface area contributed by atoms with Gasteiger partial charge in [-0.05, 0) is 19.4 Å². The molecule has 0 aliphatic rings. The molecule has 0 bridgehead atoms. The zero-order valence-electron chi connectivity index (χ0n) is 6.08. The number of allylic oxidation sites excluding steroid dienone is 1. The van der Waals surface area contributed by atoms with Gasteiger partial charge in [0.2, 0.25) is 0 Å². The second kappa shape index (κ2) is 4.99. The van der Waals surface area contributed by atoms with E-state index >= 15 is 0 Å². The van der Waals surface area contributed by atoms with Gasteiger partial charge < -0.3 is 10.8 Å². The van der Waals surface area contributed by atoms with Crippen LogP contribution >= 0.6 is 0 Å². The van der Waals surface area contributed by atoms with Gasteiger partial charge in [-0.25, -0.2) is 0 Å². The van der Waals surface area contributed by atoms with Crippen molar-refractivity contribution in [3.8, 4) is 0 Å². The summed E-state index contributed by atoms with van der Waals surface area (Å²) in [5.74, 6) is -0.809. The maximum Gasteiger partial charge on any atom is 0.303 e. The Labute approximate surface area is 60.5 Å². The van der Waals surface area contributed by atoms with E-state index in [9.17, 15) is 4.79 Å². The Balaban J connectivity index is 3.71. The lowest BCUT2D eigenvalue weighted by atomic mass is 10.1. The van der Waals surface area contributed by atoms with Crippen LogP contribution in [0.15, 0.2) is 12.2 Å². The number of rotatable bonds is 4. The molecular weight excluding hydrogens is 130 g/mol. The van der Waals surface area contributed by atoms with Gasteiger partial charge in [0.05, 0.1) is 6.42 Å². The third-order valence-corrected chi connectivity index (χ3v) is 1.20. The topological polar surface area (TPSA) is 63.3 Å². The van der Waals surface area contributed by atoms with Crippen molar-refractivity contribution >= 4 is 5.97 Å². The SMILES string of the molecule is C/C=C\C(CN)CC(=O)O. The number of carbonyl (C=O) groups is 1. The van der Waals surface area contributed by atoms with Crippen LogP contribution in [0.5, 0.6) is 0 Å². The van der Waals surface area contributed by atoms with E-state index in [0.29, 0.717) is 6.54 Å². The molecule has 0 rings (SSSR count). The van der Waals surface area contributed by atoms with Crippen molar-refractivity contribution in [2.45, 2.75) is 13.3 Å². The van der Waals surface area contributed by atoms with Crippen molar-refractivity contribution in [3.63, 3.8) is 0 Å². The summed E-state index contributed by atoms with van der Waals surface area (Å²) in [5.41, 5.74) is 5.29. The van der Waals surface area contributed by atoms with Crippen LogP contribution in [0.25, 0.3) is 0 Å². The molecule has 0 radical (unpaired) electrons. The van der Waals surface area contributed by atoms with Crippen LogP contribution in [0, 0.1) is 5.92 Å². The number of nitrogens with two attached hydrogens (primary N) is 1. The van der Waals surface area contributed by atoms with E-state index in [1.54, 1.807) is 0 Å². The fourth-order valence-electron chi connectivity index (χ4n) is 0.726. The maximum absolute atomic E-state index is 10.2. The van der Waals surface area contributed by atoms with E-state index in [4.69, 9.17) is 10.8 Å². The molecule has 58 valence electrons. The van der Waals surface area contributed by atoms with Crippen LogP contribution in [0.3, 0.4) is 0 Å². The molecule has 3 nitrogen and oxygen atoms in total. The first-order valence-corrected chi connectivity index (χ1v) is 3.25. The largest absolute Gasteiger partial charge is 0.481 e. The molecule has 0 aromatic carbocycles. The summed E-state index contributed by atoms with van der Waals surface area (Å²) < 4.78 is 0. The third kappa shape index (κ3) is 4.09. The smallest absolute Gasteiger partial charge is 0.303 e. The molecule has 1 atom stereocenters. The highest BCUT2D eigenvalue weighted by molar-refractivity contribution is 5.67. The van der Waals surface area contributed by atoms with Crippen LogP contribution in [-0.4, -0.2) is 17.6 Å². The van der Waals surface area contributed by atoms with Gasteiger partial charge in [-0.15, -0.1) is 0 Å². The van der Waals surface area contributed by atoms with E-state index < -0.39 is 5.97 Å². The van der Waals surface area contributed by atoms with Gasteiger partial charge in [0.15, 0.2) is 0 Å². The van der Waals surface area contributed by atoms with Gasteiger partial charge in [-0.1, -0.05) is 12.2 Å². The van der Waals surface area contributed by atoms with E-state index in [1.165, 1.54) is 0 Å². The normalized spacial score (nSPS) is 13.8. The molecule has 0 heterocycles. The van der Waals surface area contributed by atoms with Crippen LogP contribution in [0.4, 0.5) is 0 Å². The zero-order chi connectivity index (χ0) is 7.98. The standard InChI is InChI=1S/C7H13NO2/c1-2-3-6(5-8)4-7(9)10/h2-3,6H,4-5,8H2,1H3,(H,9,10)/b3-2-. The van der Waals surface area contributed by atoms with Crippen molar-refractivity contribution in [1.29, 1.82) is 0 Å². The molecule has 0 aromatic rings. The number of aliphatic carboxylic acids is 1. The Bertz CT molecular complexity index is 132. The van der Waals surface area contributed by atoms with Crippen LogP contribution in [0.2, 0.25) is 0 Å². The van der Waals surface area contributed by atoms with Crippen LogP contribution in [0.1, 0.15) is 13.3 Å². The quantitative estimate of drug-likeness (QED) is 0.567. The molecule has 1 unspecified atom stereocenters. The van der Waals surface area contributed by atoms with Crippen molar-refractivity contribution in [2.75, 3.05) is 6.54 Å². The van der Waals surface area contributed by atoms with Gasteiger partial charge in [-0.3, -0.25) is 4.79 Å². The molecular formula is C7H13NO2. The van der Waals surface area contributed by atoms with Crippen molar-refractivity contribution in [3.05, 3.63) is 12.2 Å². The van der Waals surface area contributed by atoms with Gasteiger partial charge in [0.1, 0.15) is 0 Å². The molecule has 0 saturated heterocycles. The van der Waals surface area contributed by atoms with Gasteiger partial charge in [0, 0.05) is 0 Å². The average molecular weight is 143 g/mol. The summed E-state index contributed by atoms with van der Waals surface area (Å²) in [4.78, 5) is 10.2. The molecule has 0 saturated carbocycles. The van der Waals surface area contributed by atoms with E-state index in [1.807, 2.05) is 19.1 Å². The predicted octanol–water partition coefficient (Wildman–Crippen LogP) is 0.612. The lowest BCUT2D eigenvalue weighted by Crippen LogP contribution is -2.15. The Morgan fingerprint density at radius 3 is 2.70 bits per heavy atom. The molecule has 0 spiro atoms. The first-order chi connectivity index (χ1) is 4.70. The fraction of sp³-hybridized carbons (Fsp3) is 0.571. The Morgan fingerprint density at radius 1 is 1.80 bits per heavy atom. The third-order valence-electron chi connectivity index (χ3n) is 1.20. The second-order valence-electron chi connectivity index (χ2n) is 2.12. The van der Waals surface area contributed by atoms with Gasteiger partial charge in [-0.2, -0.15) is 0 Å². The highest BCUT2D eigenvalue weighted by Crippen LogP contribution is 2.01. The Morgan fingerprint density at radius 2 is 2.40 bits per heavy atom. The minimum Gasteiger partial charge on any atom is -0.481 e. The zero-order valence-corrected chi connectivity index (χ0v) is 6.08. The molecule has 0 aliphatic heterocycles. The summed E-state index contributed by atoms with van der Waals surface area (Å²) in [6.07, 6.45) is 3.76. The fourth-order valence-corrected chi connectivity index (χ4v) is 0.726. The van der Waals surface area contributed by atoms with Crippen molar-refractivity contribution in [1.82, 2.24) is 0 Å². The number of carboxylic acid groups (broad SMARTS) is 1. The first kappa shape index (κ1) is 9.17. The summed E-state index contributed by atoms with van der Waals surface area (Å²) in [6.45, 7) is 2.25. The molecule has 0 amide bonds. The average Bonchev–Trinajstić information content (AvgIpc) is 1.86. The monoisotopic (exact) mass is 143 g/mol. The maximum atomic E-state index is 10.2. The molecule has 0 fully saturated rings. The number of carboxylic acids is 1. The minimum absolute atomic E-state index is 0.0116. The van der Waals surface area contributed by atoms with Crippen molar-refractivity contribution in [2.24, 2.45) is 11.7 Å². The predicted molar refractivity (Wildman–Crippen MR) is 39.6 cm³/mol. The molecule has 3 N–H and O–H groups in total. The number of hydrogen-bond acceptors (Lipinski definition) is 2. The number of hydrogen-bond donors (Lipinski definition) is 2. The highest BCUT2D eigenvalue weighted by atomic mass is 16.4.